The highest BCUT2D eigenvalue weighted by molar-refractivity contribution is 7.92. The number of likely N-dealkylation sites (N-methyl/N-ethyl adjacent to an activating group) is 1. The average molecular weight is 259 g/mol. The lowest BCUT2D eigenvalue weighted by Gasteiger charge is -2.32. The molecular formula is C11H21N3O2S. The number of imidazole rings is 1. The molecule has 0 saturated carbocycles. The molecular weight excluding hydrogens is 238 g/mol. The van der Waals surface area contributed by atoms with Crippen molar-refractivity contribution in [2.75, 3.05) is 12.8 Å². The number of sulfone groups is 1. The Morgan fingerprint density at radius 3 is 2.59 bits per heavy atom. The van der Waals surface area contributed by atoms with E-state index in [9.17, 15) is 8.42 Å². The third kappa shape index (κ3) is 3.29. The van der Waals surface area contributed by atoms with E-state index in [4.69, 9.17) is 0 Å². The largest absolute Gasteiger partial charge is 0.349 e. The van der Waals surface area contributed by atoms with E-state index in [1.165, 1.54) is 6.26 Å². The minimum atomic E-state index is -3.13. The molecule has 0 aromatic carbocycles. The van der Waals surface area contributed by atoms with Crippen molar-refractivity contribution in [2.24, 2.45) is 0 Å². The van der Waals surface area contributed by atoms with Crippen molar-refractivity contribution in [1.82, 2.24) is 15.3 Å². The fraction of sp³-hybridized carbons (Fsp3) is 0.727. The van der Waals surface area contributed by atoms with Gasteiger partial charge in [-0.1, -0.05) is 6.92 Å². The first-order chi connectivity index (χ1) is 7.79. The Morgan fingerprint density at radius 1 is 1.53 bits per heavy atom. The molecule has 0 aliphatic rings. The standard InChI is InChI=1S/C11H21N3O2S/c1-5-12-9(8-10-13-6-7-14-10)11(2,3)17(4,15)16/h6-7,9,12H,5,8H2,1-4H3,(H,13,14). The number of aromatic nitrogens is 2. The van der Waals surface area contributed by atoms with E-state index in [1.54, 1.807) is 26.2 Å². The highest BCUT2D eigenvalue weighted by atomic mass is 32.2. The van der Waals surface area contributed by atoms with Gasteiger partial charge < -0.3 is 10.3 Å². The second-order valence-corrected chi connectivity index (χ2v) is 7.32. The number of rotatable bonds is 6. The van der Waals surface area contributed by atoms with E-state index >= 15 is 0 Å². The van der Waals surface area contributed by atoms with E-state index in [2.05, 4.69) is 15.3 Å². The zero-order valence-electron chi connectivity index (χ0n) is 10.8. The highest BCUT2D eigenvalue weighted by Gasteiger charge is 2.38. The van der Waals surface area contributed by atoms with Gasteiger partial charge in [-0.3, -0.25) is 0 Å². The van der Waals surface area contributed by atoms with Gasteiger partial charge in [0.05, 0.1) is 4.75 Å². The predicted octanol–water partition coefficient (Wildman–Crippen LogP) is 0.753. The summed E-state index contributed by atoms with van der Waals surface area (Å²) in [5, 5.41) is 3.23. The van der Waals surface area contributed by atoms with Crippen LogP contribution in [0.25, 0.3) is 0 Å². The van der Waals surface area contributed by atoms with Crippen LogP contribution in [-0.2, 0) is 16.3 Å². The van der Waals surface area contributed by atoms with Crippen LogP contribution < -0.4 is 5.32 Å². The molecule has 1 aromatic rings. The van der Waals surface area contributed by atoms with Gasteiger partial charge in [0.2, 0.25) is 0 Å². The Bertz CT molecular complexity index is 437. The maximum absolute atomic E-state index is 11.8. The zero-order valence-corrected chi connectivity index (χ0v) is 11.6. The van der Waals surface area contributed by atoms with Crippen LogP contribution in [0.1, 0.15) is 26.6 Å². The number of nitrogens with zero attached hydrogens (tertiary/aromatic N) is 1. The molecule has 6 heteroatoms. The van der Waals surface area contributed by atoms with Gasteiger partial charge in [0, 0.05) is 31.1 Å². The Labute approximate surface area is 103 Å². The van der Waals surface area contributed by atoms with Gasteiger partial charge in [-0.15, -0.1) is 0 Å². The first kappa shape index (κ1) is 14.2. The van der Waals surface area contributed by atoms with Gasteiger partial charge in [-0.05, 0) is 20.4 Å². The molecule has 2 N–H and O–H groups in total. The molecule has 0 spiro atoms. The molecule has 1 atom stereocenters. The average Bonchev–Trinajstić information content (AvgIpc) is 2.68. The van der Waals surface area contributed by atoms with E-state index in [0.29, 0.717) is 6.42 Å². The Balaban J connectivity index is 2.93. The Kier molecular flexibility index (Phi) is 4.32. The topological polar surface area (TPSA) is 74.8 Å². The van der Waals surface area contributed by atoms with E-state index < -0.39 is 14.6 Å². The summed E-state index contributed by atoms with van der Waals surface area (Å²) in [4.78, 5) is 7.15. The summed E-state index contributed by atoms with van der Waals surface area (Å²) >= 11 is 0. The number of H-pyrrole nitrogens is 1. The second-order valence-electron chi connectivity index (χ2n) is 4.73. The molecule has 0 radical (unpaired) electrons. The summed E-state index contributed by atoms with van der Waals surface area (Å²) in [6.45, 7) is 6.19. The second kappa shape index (κ2) is 5.18. The smallest absolute Gasteiger partial charge is 0.154 e. The van der Waals surface area contributed by atoms with Crippen LogP contribution in [0.4, 0.5) is 0 Å². The monoisotopic (exact) mass is 259 g/mol. The van der Waals surface area contributed by atoms with Crippen molar-refractivity contribution < 1.29 is 8.42 Å². The molecule has 17 heavy (non-hydrogen) atoms. The highest BCUT2D eigenvalue weighted by Crippen LogP contribution is 2.22. The van der Waals surface area contributed by atoms with Gasteiger partial charge in [0.15, 0.2) is 9.84 Å². The Hall–Kier alpha value is -0.880. The van der Waals surface area contributed by atoms with Crippen LogP contribution in [0.2, 0.25) is 0 Å². The maximum Gasteiger partial charge on any atom is 0.154 e. The first-order valence-corrected chi connectivity index (χ1v) is 7.59. The molecule has 0 amide bonds. The fourth-order valence-electron chi connectivity index (χ4n) is 1.67. The summed E-state index contributed by atoms with van der Waals surface area (Å²) in [7, 11) is -3.13. The summed E-state index contributed by atoms with van der Waals surface area (Å²) in [6.07, 6.45) is 5.26. The number of aromatic amines is 1. The van der Waals surface area contributed by atoms with E-state index in [1.807, 2.05) is 6.92 Å². The lowest BCUT2D eigenvalue weighted by atomic mass is 9.99. The van der Waals surface area contributed by atoms with Crippen LogP contribution >= 0.6 is 0 Å². The van der Waals surface area contributed by atoms with Gasteiger partial charge in [-0.25, -0.2) is 13.4 Å². The molecule has 1 aromatic heterocycles. The first-order valence-electron chi connectivity index (χ1n) is 5.70. The van der Waals surface area contributed by atoms with Gasteiger partial charge in [0.1, 0.15) is 5.82 Å². The molecule has 0 bridgehead atoms. The molecule has 1 rings (SSSR count). The van der Waals surface area contributed by atoms with Crippen molar-refractivity contribution in [3.63, 3.8) is 0 Å². The zero-order chi connectivity index (χ0) is 13.1. The van der Waals surface area contributed by atoms with Crippen LogP contribution in [-0.4, -0.2) is 42.0 Å². The van der Waals surface area contributed by atoms with Gasteiger partial charge >= 0.3 is 0 Å². The maximum atomic E-state index is 11.8. The van der Waals surface area contributed by atoms with Crippen molar-refractivity contribution in [3.05, 3.63) is 18.2 Å². The van der Waals surface area contributed by atoms with Gasteiger partial charge in [-0.2, -0.15) is 0 Å². The summed E-state index contributed by atoms with van der Waals surface area (Å²) in [5.41, 5.74) is 0. The van der Waals surface area contributed by atoms with Crippen molar-refractivity contribution >= 4 is 9.84 Å². The lowest BCUT2D eigenvalue weighted by molar-refractivity contribution is 0.409. The van der Waals surface area contributed by atoms with Gasteiger partial charge in [0.25, 0.3) is 0 Å². The molecule has 5 nitrogen and oxygen atoms in total. The number of hydrogen-bond donors (Lipinski definition) is 2. The summed E-state index contributed by atoms with van der Waals surface area (Å²) < 4.78 is 22.8. The van der Waals surface area contributed by atoms with Crippen LogP contribution in [0.3, 0.4) is 0 Å². The number of hydrogen-bond acceptors (Lipinski definition) is 4. The van der Waals surface area contributed by atoms with Crippen molar-refractivity contribution in [3.8, 4) is 0 Å². The molecule has 0 fully saturated rings. The molecule has 1 unspecified atom stereocenters. The Morgan fingerprint density at radius 2 is 2.18 bits per heavy atom. The van der Waals surface area contributed by atoms with E-state index in [-0.39, 0.29) is 6.04 Å². The molecule has 98 valence electrons. The third-order valence-electron chi connectivity index (χ3n) is 3.20. The van der Waals surface area contributed by atoms with Crippen LogP contribution in [0, 0.1) is 0 Å². The predicted molar refractivity (Wildman–Crippen MR) is 68.7 cm³/mol. The number of nitrogens with one attached hydrogen (secondary N) is 2. The molecule has 0 aliphatic heterocycles. The summed E-state index contributed by atoms with van der Waals surface area (Å²) in [5.74, 6) is 0.799. The molecule has 0 aliphatic carbocycles. The van der Waals surface area contributed by atoms with Crippen molar-refractivity contribution in [2.45, 2.75) is 38.0 Å². The quantitative estimate of drug-likeness (QED) is 0.790. The minimum absolute atomic E-state index is 0.159. The van der Waals surface area contributed by atoms with Crippen LogP contribution in [0.5, 0.6) is 0 Å². The van der Waals surface area contributed by atoms with Crippen LogP contribution in [0.15, 0.2) is 12.4 Å². The fourth-order valence-corrected chi connectivity index (χ4v) is 2.36. The van der Waals surface area contributed by atoms with Crippen molar-refractivity contribution in [1.29, 1.82) is 0 Å². The minimum Gasteiger partial charge on any atom is -0.349 e. The summed E-state index contributed by atoms with van der Waals surface area (Å²) in [6, 6.07) is -0.159. The lowest BCUT2D eigenvalue weighted by Crippen LogP contribution is -2.52. The van der Waals surface area contributed by atoms with E-state index in [0.717, 1.165) is 12.4 Å². The SMILES string of the molecule is CCNC(Cc1ncc[nH]1)C(C)(C)S(C)(=O)=O. The molecule has 1 heterocycles. The molecule has 0 saturated heterocycles. The third-order valence-corrected chi connectivity index (χ3v) is 5.39. The normalized spacial score (nSPS) is 14.8.